The fourth-order valence-corrected chi connectivity index (χ4v) is 0.679. The fourth-order valence-electron chi connectivity index (χ4n) is 0.679. The van der Waals surface area contributed by atoms with Crippen molar-refractivity contribution in [2.45, 2.75) is 39.4 Å². The summed E-state index contributed by atoms with van der Waals surface area (Å²) >= 11 is 0. The fraction of sp³-hybridized carbons (Fsp3) is 1.00. The molecule has 0 aliphatic rings. The molecular formula is C9H20O3. The number of hydrogen-bond acceptors (Lipinski definition) is 3. The Hall–Kier alpha value is -0.120. The lowest BCUT2D eigenvalue weighted by molar-refractivity contribution is -0.0404. The molecule has 0 heterocycles. The van der Waals surface area contributed by atoms with E-state index in [0.717, 1.165) is 13.0 Å². The van der Waals surface area contributed by atoms with Crippen molar-refractivity contribution in [1.29, 1.82) is 0 Å². The Kier molecular flexibility index (Phi) is 7.45. The average molecular weight is 176 g/mol. The largest absolute Gasteiger partial charge is 0.391 e. The van der Waals surface area contributed by atoms with E-state index in [9.17, 15) is 0 Å². The molecule has 2 atom stereocenters. The third-order valence-electron chi connectivity index (χ3n) is 1.64. The van der Waals surface area contributed by atoms with Crippen molar-refractivity contribution in [1.82, 2.24) is 0 Å². The minimum Gasteiger partial charge on any atom is -0.391 e. The zero-order valence-electron chi connectivity index (χ0n) is 8.25. The molecule has 0 saturated carbocycles. The minimum atomic E-state index is -0.406. The first kappa shape index (κ1) is 11.9. The summed E-state index contributed by atoms with van der Waals surface area (Å²) in [4.78, 5) is 0. The second-order valence-electron chi connectivity index (χ2n) is 2.93. The van der Waals surface area contributed by atoms with Crippen LogP contribution in [0.25, 0.3) is 0 Å². The number of aliphatic hydroxyl groups is 1. The Morgan fingerprint density at radius 1 is 1.17 bits per heavy atom. The van der Waals surface area contributed by atoms with E-state index in [1.165, 1.54) is 0 Å². The second-order valence-corrected chi connectivity index (χ2v) is 2.93. The van der Waals surface area contributed by atoms with E-state index >= 15 is 0 Å². The van der Waals surface area contributed by atoms with Crippen LogP contribution in [-0.4, -0.2) is 37.1 Å². The molecule has 0 fully saturated rings. The third kappa shape index (κ3) is 6.58. The van der Waals surface area contributed by atoms with Crippen LogP contribution in [0.5, 0.6) is 0 Å². The maximum Gasteiger partial charge on any atom is 0.0804 e. The van der Waals surface area contributed by atoms with Gasteiger partial charge in [0.1, 0.15) is 0 Å². The predicted molar refractivity (Wildman–Crippen MR) is 48.2 cm³/mol. The summed E-state index contributed by atoms with van der Waals surface area (Å²) in [5.74, 6) is 0. The van der Waals surface area contributed by atoms with Gasteiger partial charge in [-0.3, -0.25) is 0 Å². The van der Waals surface area contributed by atoms with Crippen LogP contribution in [0, 0.1) is 0 Å². The summed E-state index contributed by atoms with van der Waals surface area (Å²) in [6.07, 6.45) is 0.526. The number of ether oxygens (including phenoxy) is 2. The summed E-state index contributed by atoms with van der Waals surface area (Å²) in [6, 6.07) is 0. The Morgan fingerprint density at radius 3 is 2.33 bits per heavy atom. The van der Waals surface area contributed by atoms with Crippen LogP contribution in [0.2, 0.25) is 0 Å². The van der Waals surface area contributed by atoms with Crippen LogP contribution in [0.4, 0.5) is 0 Å². The first-order valence-corrected chi connectivity index (χ1v) is 4.56. The maximum absolute atomic E-state index is 9.06. The van der Waals surface area contributed by atoms with Gasteiger partial charge in [0.25, 0.3) is 0 Å². The normalized spacial score (nSPS) is 16.0. The molecule has 0 aliphatic carbocycles. The molecule has 2 unspecified atom stereocenters. The predicted octanol–water partition coefficient (Wildman–Crippen LogP) is 1.20. The molecule has 1 N–H and O–H groups in total. The lowest BCUT2D eigenvalue weighted by Gasteiger charge is -2.15. The van der Waals surface area contributed by atoms with E-state index in [1.807, 2.05) is 6.92 Å². The van der Waals surface area contributed by atoms with Crippen LogP contribution >= 0.6 is 0 Å². The van der Waals surface area contributed by atoms with Crippen molar-refractivity contribution in [2.75, 3.05) is 19.8 Å². The van der Waals surface area contributed by atoms with Gasteiger partial charge in [0.2, 0.25) is 0 Å². The topological polar surface area (TPSA) is 38.7 Å². The molecule has 3 heteroatoms. The monoisotopic (exact) mass is 176 g/mol. The summed E-state index contributed by atoms with van der Waals surface area (Å²) < 4.78 is 10.5. The standard InChI is InChI=1S/C9H20O3/c1-4-5-11-6-7-12-9(3)8(2)10/h8-10H,4-7H2,1-3H3. The van der Waals surface area contributed by atoms with E-state index in [2.05, 4.69) is 6.92 Å². The second kappa shape index (κ2) is 7.53. The molecule has 0 radical (unpaired) electrons. The van der Waals surface area contributed by atoms with Crippen LogP contribution < -0.4 is 0 Å². The van der Waals surface area contributed by atoms with Crippen LogP contribution in [0.15, 0.2) is 0 Å². The Bertz CT molecular complexity index is 93.8. The van der Waals surface area contributed by atoms with Crippen molar-refractivity contribution in [3.8, 4) is 0 Å². The molecule has 0 rings (SSSR count). The molecular weight excluding hydrogens is 156 g/mol. The lowest BCUT2D eigenvalue weighted by atomic mass is 10.3. The van der Waals surface area contributed by atoms with Crippen LogP contribution in [0.3, 0.4) is 0 Å². The van der Waals surface area contributed by atoms with Gasteiger partial charge in [0.05, 0.1) is 25.4 Å². The maximum atomic E-state index is 9.06. The molecule has 0 amide bonds. The number of hydrogen-bond donors (Lipinski definition) is 1. The molecule has 12 heavy (non-hydrogen) atoms. The number of rotatable bonds is 7. The van der Waals surface area contributed by atoms with Gasteiger partial charge in [-0.1, -0.05) is 6.92 Å². The summed E-state index contributed by atoms with van der Waals surface area (Å²) in [5, 5.41) is 9.06. The average Bonchev–Trinajstić information content (AvgIpc) is 2.03. The molecule has 0 aromatic carbocycles. The Balaban J connectivity index is 3.08. The molecule has 3 nitrogen and oxygen atoms in total. The van der Waals surface area contributed by atoms with Crippen molar-refractivity contribution in [3.63, 3.8) is 0 Å². The van der Waals surface area contributed by atoms with Crippen LogP contribution in [-0.2, 0) is 9.47 Å². The van der Waals surface area contributed by atoms with Gasteiger partial charge in [-0.2, -0.15) is 0 Å². The van der Waals surface area contributed by atoms with E-state index < -0.39 is 6.10 Å². The highest BCUT2D eigenvalue weighted by atomic mass is 16.5. The lowest BCUT2D eigenvalue weighted by Crippen LogP contribution is -2.24. The molecule has 0 aliphatic heterocycles. The van der Waals surface area contributed by atoms with Crippen LogP contribution in [0.1, 0.15) is 27.2 Å². The minimum absolute atomic E-state index is 0.102. The van der Waals surface area contributed by atoms with E-state index in [1.54, 1.807) is 6.92 Å². The highest BCUT2D eigenvalue weighted by Crippen LogP contribution is 1.96. The van der Waals surface area contributed by atoms with E-state index in [0.29, 0.717) is 13.2 Å². The van der Waals surface area contributed by atoms with Gasteiger partial charge in [0.15, 0.2) is 0 Å². The summed E-state index contributed by atoms with van der Waals surface area (Å²) in [7, 11) is 0. The van der Waals surface area contributed by atoms with E-state index in [-0.39, 0.29) is 6.10 Å². The van der Waals surface area contributed by atoms with Gasteiger partial charge < -0.3 is 14.6 Å². The zero-order valence-corrected chi connectivity index (χ0v) is 8.25. The summed E-state index contributed by atoms with van der Waals surface area (Å²) in [6.45, 7) is 7.60. The Labute approximate surface area is 74.7 Å². The molecule has 0 aromatic heterocycles. The highest BCUT2D eigenvalue weighted by molar-refractivity contribution is 4.56. The van der Waals surface area contributed by atoms with Gasteiger partial charge in [-0.15, -0.1) is 0 Å². The van der Waals surface area contributed by atoms with E-state index in [4.69, 9.17) is 14.6 Å². The van der Waals surface area contributed by atoms with Gasteiger partial charge in [0, 0.05) is 6.61 Å². The van der Waals surface area contributed by atoms with Gasteiger partial charge in [-0.05, 0) is 20.3 Å². The first-order valence-electron chi connectivity index (χ1n) is 4.56. The first-order chi connectivity index (χ1) is 5.68. The van der Waals surface area contributed by atoms with Crippen molar-refractivity contribution < 1.29 is 14.6 Å². The molecule has 0 spiro atoms. The van der Waals surface area contributed by atoms with Gasteiger partial charge in [-0.25, -0.2) is 0 Å². The Morgan fingerprint density at radius 2 is 1.83 bits per heavy atom. The van der Waals surface area contributed by atoms with Gasteiger partial charge >= 0.3 is 0 Å². The zero-order chi connectivity index (χ0) is 9.40. The van der Waals surface area contributed by atoms with Crippen molar-refractivity contribution in [3.05, 3.63) is 0 Å². The molecule has 0 aromatic rings. The molecule has 74 valence electrons. The molecule has 0 saturated heterocycles. The smallest absolute Gasteiger partial charge is 0.0804 e. The van der Waals surface area contributed by atoms with Crippen molar-refractivity contribution in [2.24, 2.45) is 0 Å². The number of aliphatic hydroxyl groups excluding tert-OH is 1. The summed E-state index contributed by atoms with van der Waals surface area (Å²) in [5.41, 5.74) is 0. The SMILES string of the molecule is CCCOCCOC(C)C(C)O. The third-order valence-corrected chi connectivity index (χ3v) is 1.64. The van der Waals surface area contributed by atoms with Crippen molar-refractivity contribution >= 4 is 0 Å². The quantitative estimate of drug-likeness (QED) is 0.592. The highest BCUT2D eigenvalue weighted by Gasteiger charge is 2.07. The molecule has 0 bridgehead atoms.